The minimum atomic E-state index is -0.0719. The second-order valence-corrected chi connectivity index (χ2v) is 3.46. The lowest BCUT2D eigenvalue weighted by molar-refractivity contribution is 0.882. The van der Waals surface area contributed by atoms with Crippen molar-refractivity contribution in [2.45, 2.75) is 6.04 Å². The molecule has 0 heterocycles. The molecule has 0 saturated heterocycles. The lowest BCUT2D eigenvalue weighted by Gasteiger charge is -2.26. The first kappa shape index (κ1) is 9.52. The second-order valence-electron chi connectivity index (χ2n) is 3.46. The Morgan fingerprint density at radius 2 is 2.20 bits per heavy atom. The molecule has 1 atom stereocenters. The van der Waals surface area contributed by atoms with Crippen molar-refractivity contribution in [3.63, 3.8) is 0 Å². The van der Waals surface area contributed by atoms with E-state index in [-0.39, 0.29) is 12.0 Å². The zero-order valence-corrected chi connectivity index (χ0v) is 8.33. The molecule has 0 spiro atoms. The lowest BCUT2D eigenvalue weighted by atomic mass is 9.84. The van der Waals surface area contributed by atoms with Gasteiger partial charge in [0.15, 0.2) is 5.96 Å². The number of fused-ring (bicyclic) bond motifs is 1. The smallest absolute Gasteiger partial charge is 0.186 e. The lowest BCUT2D eigenvalue weighted by Crippen LogP contribution is -2.39. The minimum Gasteiger partial charge on any atom is -0.370 e. The van der Waals surface area contributed by atoms with Gasteiger partial charge in [-0.3, -0.25) is 5.41 Å². The quantitative estimate of drug-likeness (QED) is 0.393. The van der Waals surface area contributed by atoms with Gasteiger partial charge in [-0.2, -0.15) is 0 Å². The van der Waals surface area contributed by atoms with Crippen LogP contribution in [-0.4, -0.2) is 12.0 Å². The number of nitrogens with one attached hydrogen (secondary N) is 2. The molecule has 1 aromatic carbocycles. The van der Waals surface area contributed by atoms with Gasteiger partial charge in [0.05, 0.1) is 6.04 Å². The number of guanidine groups is 1. The summed E-state index contributed by atoms with van der Waals surface area (Å²) in [7, 11) is 0. The van der Waals surface area contributed by atoms with E-state index in [0.29, 0.717) is 0 Å². The molecular formula is C12H13N3. The van der Waals surface area contributed by atoms with Crippen molar-refractivity contribution >= 4 is 17.6 Å². The van der Waals surface area contributed by atoms with Crippen LogP contribution in [0.3, 0.4) is 0 Å². The van der Waals surface area contributed by atoms with Gasteiger partial charge in [0.2, 0.25) is 0 Å². The zero-order chi connectivity index (χ0) is 10.8. The van der Waals surface area contributed by atoms with E-state index in [0.717, 1.165) is 5.57 Å². The maximum Gasteiger partial charge on any atom is 0.186 e. The highest BCUT2D eigenvalue weighted by atomic mass is 15.1. The number of hydrogen-bond donors (Lipinski definition) is 3. The molecule has 0 amide bonds. The van der Waals surface area contributed by atoms with Crippen LogP contribution in [0.1, 0.15) is 11.1 Å². The van der Waals surface area contributed by atoms with Gasteiger partial charge in [0.1, 0.15) is 0 Å². The third-order valence-corrected chi connectivity index (χ3v) is 2.46. The van der Waals surface area contributed by atoms with Crippen molar-refractivity contribution in [1.29, 1.82) is 5.41 Å². The number of benzene rings is 1. The first-order valence-corrected chi connectivity index (χ1v) is 4.76. The monoisotopic (exact) mass is 199 g/mol. The van der Waals surface area contributed by atoms with Gasteiger partial charge in [-0.1, -0.05) is 30.3 Å². The van der Waals surface area contributed by atoms with Gasteiger partial charge in [-0.15, -0.1) is 6.58 Å². The van der Waals surface area contributed by atoms with Crippen molar-refractivity contribution in [2.75, 3.05) is 0 Å². The number of nitrogens with two attached hydrogens (primary N) is 1. The number of rotatable bonds is 3. The van der Waals surface area contributed by atoms with Crippen LogP contribution >= 0.6 is 0 Å². The van der Waals surface area contributed by atoms with E-state index in [1.54, 1.807) is 6.08 Å². The molecule has 0 radical (unpaired) electrons. The van der Waals surface area contributed by atoms with Crippen LogP contribution in [0.5, 0.6) is 0 Å². The molecule has 1 aromatic rings. The predicted molar refractivity (Wildman–Crippen MR) is 63.3 cm³/mol. The molecule has 76 valence electrons. The molecule has 0 bridgehead atoms. The van der Waals surface area contributed by atoms with E-state index in [1.165, 1.54) is 11.1 Å². The Kier molecular flexibility index (Phi) is 2.29. The van der Waals surface area contributed by atoms with E-state index in [4.69, 9.17) is 11.1 Å². The Hall–Kier alpha value is -2.03. The van der Waals surface area contributed by atoms with Crippen LogP contribution < -0.4 is 11.1 Å². The van der Waals surface area contributed by atoms with E-state index in [2.05, 4.69) is 30.1 Å². The zero-order valence-electron chi connectivity index (χ0n) is 8.33. The molecule has 1 aliphatic carbocycles. The number of hydrogen-bond acceptors (Lipinski definition) is 1. The Morgan fingerprint density at radius 3 is 2.80 bits per heavy atom. The summed E-state index contributed by atoms with van der Waals surface area (Å²) in [6.07, 6.45) is 3.83. The Balaban J connectivity index is 2.20. The molecule has 2 rings (SSSR count). The molecule has 0 saturated carbocycles. The molecule has 1 unspecified atom stereocenters. The minimum absolute atomic E-state index is 0.0369. The van der Waals surface area contributed by atoms with E-state index >= 15 is 0 Å². The normalized spacial score (nSPS) is 14.3. The Bertz CT molecular complexity index is 446. The van der Waals surface area contributed by atoms with Crippen molar-refractivity contribution in [2.24, 2.45) is 5.73 Å². The van der Waals surface area contributed by atoms with Crippen molar-refractivity contribution in [3.8, 4) is 0 Å². The maximum atomic E-state index is 7.20. The average molecular weight is 199 g/mol. The van der Waals surface area contributed by atoms with E-state index in [9.17, 15) is 0 Å². The van der Waals surface area contributed by atoms with Gasteiger partial charge in [0, 0.05) is 0 Å². The summed E-state index contributed by atoms with van der Waals surface area (Å²) in [6, 6.07) is 8.06. The third-order valence-electron chi connectivity index (χ3n) is 2.46. The first-order chi connectivity index (χ1) is 7.22. The van der Waals surface area contributed by atoms with Crippen LogP contribution in [0.15, 0.2) is 36.9 Å². The summed E-state index contributed by atoms with van der Waals surface area (Å²) >= 11 is 0. The van der Waals surface area contributed by atoms with Gasteiger partial charge in [-0.25, -0.2) is 0 Å². The standard InChI is InChI=1S/C12H13N3/c1-2-11(15-12(13)14)10-7-8-5-3-4-6-9(8)10/h2-7,11H,1H2,(H4,13,14,15). The highest BCUT2D eigenvalue weighted by molar-refractivity contribution is 5.99. The fourth-order valence-electron chi connectivity index (χ4n) is 1.74. The Labute approximate surface area is 88.8 Å². The first-order valence-electron chi connectivity index (χ1n) is 4.76. The van der Waals surface area contributed by atoms with Gasteiger partial charge >= 0.3 is 0 Å². The van der Waals surface area contributed by atoms with E-state index in [1.807, 2.05) is 12.1 Å². The van der Waals surface area contributed by atoms with Crippen molar-refractivity contribution in [3.05, 3.63) is 48.0 Å². The largest absolute Gasteiger partial charge is 0.370 e. The molecule has 15 heavy (non-hydrogen) atoms. The van der Waals surface area contributed by atoms with Crippen molar-refractivity contribution in [1.82, 2.24) is 5.32 Å². The van der Waals surface area contributed by atoms with Crippen LogP contribution in [0.2, 0.25) is 0 Å². The van der Waals surface area contributed by atoms with Gasteiger partial charge < -0.3 is 11.1 Å². The van der Waals surface area contributed by atoms with Crippen LogP contribution in [0, 0.1) is 5.41 Å². The van der Waals surface area contributed by atoms with Gasteiger partial charge in [0.25, 0.3) is 0 Å². The van der Waals surface area contributed by atoms with Crippen LogP contribution in [0.25, 0.3) is 11.6 Å². The summed E-state index contributed by atoms with van der Waals surface area (Å²) < 4.78 is 0. The molecule has 1 aliphatic rings. The topological polar surface area (TPSA) is 61.9 Å². The van der Waals surface area contributed by atoms with Gasteiger partial charge in [-0.05, 0) is 22.8 Å². The molecule has 4 N–H and O–H groups in total. The summed E-state index contributed by atoms with van der Waals surface area (Å²) in [5.41, 5.74) is 8.87. The highest BCUT2D eigenvalue weighted by Gasteiger charge is 2.21. The molecular weight excluding hydrogens is 186 g/mol. The second kappa shape index (κ2) is 3.61. The third kappa shape index (κ3) is 1.64. The predicted octanol–water partition coefficient (Wildman–Crippen LogP) is 1.58. The van der Waals surface area contributed by atoms with E-state index < -0.39 is 0 Å². The van der Waals surface area contributed by atoms with Crippen LogP contribution in [-0.2, 0) is 0 Å². The maximum absolute atomic E-state index is 7.20. The molecule has 0 aliphatic heterocycles. The fraction of sp³-hybridized carbons (Fsp3) is 0.0833. The molecule has 3 nitrogen and oxygen atoms in total. The summed E-state index contributed by atoms with van der Waals surface area (Å²) in [4.78, 5) is 0. The average Bonchev–Trinajstić information content (AvgIpc) is 2.17. The van der Waals surface area contributed by atoms with Crippen molar-refractivity contribution < 1.29 is 0 Å². The molecule has 0 aromatic heterocycles. The summed E-state index contributed by atoms with van der Waals surface area (Å²) in [5.74, 6) is -0.0369. The molecule has 3 heteroatoms. The summed E-state index contributed by atoms with van der Waals surface area (Å²) in [5, 5.41) is 10.0. The highest BCUT2D eigenvalue weighted by Crippen LogP contribution is 2.34. The SMILES string of the molecule is C=CC(NC(=N)N)C1=Cc2ccccc21. The summed E-state index contributed by atoms with van der Waals surface area (Å²) in [6.45, 7) is 3.73. The Morgan fingerprint density at radius 1 is 1.47 bits per heavy atom. The fourth-order valence-corrected chi connectivity index (χ4v) is 1.74. The molecule has 0 fully saturated rings. The van der Waals surface area contributed by atoms with Crippen LogP contribution in [0.4, 0.5) is 0 Å².